The van der Waals surface area contributed by atoms with Crippen LogP contribution in [-0.2, 0) is 4.79 Å². The highest BCUT2D eigenvalue weighted by atomic mass is 19.1. The van der Waals surface area contributed by atoms with Crippen LogP contribution in [0.3, 0.4) is 0 Å². The Labute approximate surface area is 135 Å². The second-order valence-corrected chi connectivity index (χ2v) is 6.52. The number of halogens is 1. The van der Waals surface area contributed by atoms with E-state index in [-0.39, 0.29) is 18.3 Å². The van der Waals surface area contributed by atoms with E-state index in [1.54, 1.807) is 12.1 Å². The zero-order valence-electron chi connectivity index (χ0n) is 13.2. The fourth-order valence-corrected chi connectivity index (χ4v) is 3.23. The quantitative estimate of drug-likeness (QED) is 0.887. The minimum absolute atomic E-state index is 0.102. The Morgan fingerprint density at radius 2 is 2.09 bits per heavy atom. The first-order chi connectivity index (χ1) is 11.0. The Kier molecular flexibility index (Phi) is 4.82. The minimum Gasteiger partial charge on any atom is -0.490 e. The molecule has 0 bridgehead atoms. The summed E-state index contributed by atoms with van der Waals surface area (Å²) >= 11 is 0. The van der Waals surface area contributed by atoms with Crippen LogP contribution in [0.25, 0.3) is 0 Å². The molecule has 0 saturated carbocycles. The Hall–Kier alpha value is -1.66. The van der Waals surface area contributed by atoms with E-state index in [4.69, 9.17) is 4.74 Å². The van der Waals surface area contributed by atoms with Crippen LogP contribution in [0.2, 0.25) is 0 Å². The molecule has 2 heterocycles. The molecule has 0 aromatic heterocycles. The van der Waals surface area contributed by atoms with Gasteiger partial charge >= 0.3 is 0 Å². The summed E-state index contributed by atoms with van der Waals surface area (Å²) in [5, 5.41) is 10.6. The zero-order valence-corrected chi connectivity index (χ0v) is 13.2. The number of ether oxygens (including phenoxy) is 1. The molecule has 1 N–H and O–H groups in total. The molecule has 6 heteroatoms. The third-order valence-electron chi connectivity index (χ3n) is 4.53. The SMILES string of the molecule is O=C(CN1CC[C@](O)(COc2cccc(F)c2)C1)N1CCCC1. The summed E-state index contributed by atoms with van der Waals surface area (Å²) in [6.07, 6.45) is 2.71. The molecule has 1 aromatic rings. The molecule has 1 amide bonds. The van der Waals surface area contributed by atoms with Crippen LogP contribution in [0.15, 0.2) is 24.3 Å². The van der Waals surface area contributed by atoms with Crippen molar-refractivity contribution in [1.82, 2.24) is 9.80 Å². The van der Waals surface area contributed by atoms with Crippen LogP contribution < -0.4 is 4.74 Å². The van der Waals surface area contributed by atoms with Crippen molar-refractivity contribution in [3.8, 4) is 5.75 Å². The first kappa shape index (κ1) is 16.2. The highest BCUT2D eigenvalue weighted by Crippen LogP contribution is 2.23. The van der Waals surface area contributed by atoms with E-state index >= 15 is 0 Å². The Balaban J connectivity index is 1.48. The average molecular weight is 322 g/mol. The molecule has 5 nitrogen and oxygen atoms in total. The van der Waals surface area contributed by atoms with Crippen LogP contribution in [0.1, 0.15) is 19.3 Å². The van der Waals surface area contributed by atoms with Crippen LogP contribution in [0.4, 0.5) is 4.39 Å². The van der Waals surface area contributed by atoms with Gasteiger partial charge in [-0.25, -0.2) is 4.39 Å². The molecule has 2 aliphatic heterocycles. The summed E-state index contributed by atoms with van der Waals surface area (Å²) in [5.41, 5.74) is -0.988. The first-order valence-electron chi connectivity index (χ1n) is 8.15. The van der Waals surface area contributed by atoms with Gasteiger partial charge in [0.1, 0.15) is 23.8 Å². The first-order valence-corrected chi connectivity index (χ1v) is 8.15. The lowest BCUT2D eigenvalue weighted by molar-refractivity contribution is -0.131. The number of carbonyl (C=O) groups is 1. The van der Waals surface area contributed by atoms with E-state index in [0.717, 1.165) is 25.9 Å². The van der Waals surface area contributed by atoms with Gasteiger partial charge in [-0.05, 0) is 31.4 Å². The van der Waals surface area contributed by atoms with Gasteiger partial charge in [-0.1, -0.05) is 6.07 Å². The van der Waals surface area contributed by atoms with Crippen molar-refractivity contribution in [1.29, 1.82) is 0 Å². The number of likely N-dealkylation sites (tertiary alicyclic amines) is 2. The fourth-order valence-electron chi connectivity index (χ4n) is 3.23. The Morgan fingerprint density at radius 1 is 1.30 bits per heavy atom. The van der Waals surface area contributed by atoms with Crippen molar-refractivity contribution in [3.05, 3.63) is 30.1 Å². The van der Waals surface area contributed by atoms with E-state index in [0.29, 0.717) is 31.8 Å². The summed E-state index contributed by atoms with van der Waals surface area (Å²) in [6, 6.07) is 5.89. The number of carbonyl (C=O) groups excluding carboxylic acids is 1. The van der Waals surface area contributed by atoms with Crippen molar-refractivity contribution < 1.29 is 19.0 Å². The molecular weight excluding hydrogens is 299 g/mol. The zero-order chi connectivity index (χ0) is 16.3. The number of β-amino-alcohol motifs (C(OH)–C–C–N with tert-alkyl or cyclic N) is 1. The molecule has 23 heavy (non-hydrogen) atoms. The molecule has 2 fully saturated rings. The van der Waals surface area contributed by atoms with E-state index in [9.17, 15) is 14.3 Å². The van der Waals surface area contributed by atoms with Gasteiger partial charge in [0.05, 0.1) is 6.54 Å². The second-order valence-electron chi connectivity index (χ2n) is 6.52. The van der Waals surface area contributed by atoms with E-state index < -0.39 is 5.60 Å². The van der Waals surface area contributed by atoms with Crippen molar-refractivity contribution in [2.45, 2.75) is 24.9 Å². The van der Waals surface area contributed by atoms with Crippen LogP contribution >= 0.6 is 0 Å². The van der Waals surface area contributed by atoms with Gasteiger partial charge in [0.2, 0.25) is 5.91 Å². The molecular formula is C17H23FN2O3. The van der Waals surface area contributed by atoms with Gasteiger partial charge in [0, 0.05) is 32.2 Å². The molecule has 0 radical (unpaired) electrons. The Morgan fingerprint density at radius 3 is 2.83 bits per heavy atom. The van der Waals surface area contributed by atoms with E-state index in [1.165, 1.54) is 12.1 Å². The fraction of sp³-hybridized carbons (Fsp3) is 0.588. The van der Waals surface area contributed by atoms with Gasteiger partial charge in [0.15, 0.2) is 0 Å². The smallest absolute Gasteiger partial charge is 0.236 e. The topological polar surface area (TPSA) is 53.0 Å². The van der Waals surface area contributed by atoms with Crippen molar-refractivity contribution in [2.24, 2.45) is 0 Å². The number of rotatable bonds is 5. The number of hydrogen-bond donors (Lipinski definition) is 1. The maximum Gasteiger partial charge on any atom is 0.236 e. The third-order valence-corrected chi connectivity index (χ3v) is 4.53. The van der Waals surface area contributed by atoms with Crippen LogP contribution in [-0.4, -0.2) is 65.7 Å². The van der Waals surface area contributed by atoms with E-state index in [2.05, 4.69) is 0 Å². The summed E-state index contributed by atoms with van der Waals surface area (Å²) < 4.78 is 18.6. The molecule has 2 aliphatic rings. The van der Waals surface area contributed by atoms with Gasteiger partial charge in [-0.3, -0.25) is 9.69 Å². The summed E-state index contributed by atoms with van der Waals surface area (Å²) in [7, 11) is 0. The molecule has 1 atom stereocenters. The van der Waals surface area contributed by atoms with Gasteiger partial charge in [0.25, 0.3) is 0 Å². The van der Waals surface area contributed by atoms with Gasteiger partial charge in [-0.2, -0.15) is 0 Å². The average Bonchev–Trinajstić information content (AvgIpc) is 3.16. The lowest BCUT2D eigenvalue weighted by Gasteiger charge is -2.24. The Bertz CT molecular complexity index is 563. The maximum absolute atomic E-state index is 13.1. The summed E-state index contributed by atoms with van der Waals surface area (Å²) in [4.78, 5) is 16.0. The predicted molar refractivity (Wildman–Crippen MR) is 83.7 cm³/mol. The predicted octanol–water partition coefficient (Wildman–Crippen LogP) is 1.26. The van der Waals surface area contributed by atoms with Crippen molar-refractivity contribution in [2.75, 3.05) is 39.3 Å². The summed E-state index contributed by atoms with van der Waals surface area (Å²) in [6.45, 7) is 3.22. The highest BCUT2D eigenvalue weighted by molar-refractivity contribution is 5.78. The minimum atomic E-state index is -0.988. The lowest BCUT2D eigenvalue weighted by Crippen LogP contribution is -2.42. The molecule has 3 rings (SSSR count). The third kappa shape index (κ3) is 4.20. The monoisotopic (exact) mass is 322 g/mol. The highest BCUT2D eigenvalue weighted by Gasteiger charge is 2.38. The van der Waals surface area contributed by atoms with Gasteiger partial charge in [-0.15, -0.1) is 0 Å². The molecule has 2 saturated heterocycles. The lowest BCUT2D eigenvalue weighted by atomic mass is 10.1. The molecule has 1 aromatic carbocycles. The number of hydrogen-bond acceptors (Lipinski definition) is 4. The standard InChI is InChI=1S/C17H23FN2O3/c18-14-4-3-5-15(10-14)23-13-17(22)6-9-19(12-17)11-16(21)20-7-1-2-8-20/h3-5,10,22H,1-2,6-9,11-13H2/t17-/m1/s1. The molecule has 0 aliphatic carbocycles. The summed E-state index contributed by atoms with van der Waals surface area (Å²) in [5.74, 6) is 0.182. The molecule has 0 spiro atoms. The van der Waals surface area contributed by atoms with Gasteiger partial charge < -0.3 is 14.7 Å². The largest absolute Gasteiger partial charge is 0.490 e. The number of aliphatic hydroxyl groups is 1. The van der Waals surface area contributed by atoms with Crippen molar-refractivity contribution >= 4 is 5.91 Å². The van der Waals surface area contributed by atoms with Crippen LogP contribution in [0.5, 0.6) is 5.75 Å². The second kappa shape index (κ2) is 6.84. The van der Waals surface area contributed by atoms with Crippen LogP contribution in [0, 0.1) is 5.82 Å². The normalized spacial score (nSPS) is 25.0. The number of benzene rings is 1. The van der Waals surface area contributed by atoms with Crippen molar-refractivity contribution in [3.63, 3.8) is 0 Å². The molecule has 126 valence electrons. The van der Waals surface area contributed by atoms with E-state index in [1.807, 2.05) is 9.80 Å². The molecule has 0 unspecified atom stereocenters. The number of nitrogens with zero attached hydrogens (tertiary/aromatic N) is 2. The maximum atomic E-state index is 13.1. The number of amides is 1.